The third kappa shape index (κ3) is 4.51. The third-order valence-electron chi connectivity index (χ3n) is 3.27. The molecular weight excluding hydrogens is 253 g/mol. The summed E-state index contributed by atoms with van der Waals surface area (Å²) in [5.41, 5.74) is 3.54. The van der Waals surface area contributed by atoms with E-state index in [1.54, 1.807) is 6.92 Å². The highest BCUT2D eigenvalue weighted by Gasteiger charge is 2.30. The van der Waals surface area contributed by atoms with Gasteiger partial charge in [-0.15, -0.1) is 0 Å². The summed E-state index contributed by atoms with van der Waals surface area (Å²) in [6, 6.07) is 3.73. The zero-order chi connectivity index (χ0) is 14.5. The van der Waals surface area contributed by atoms with Crippen LogP contribution in [0.15, 0.2) is 18.2 Å². The Kier molecular flexibility index (Phi) is 5.82. The van der Waals surface area contributed by atoms with Crippen molar-refractivity contribution < 1.29 is 13.2 Å². The molecule has 0 saturated carbocycles. The quantitative estimate of drug-likeness (QED) is 0.465. The number of nitrogens with two attached hydrogens (primary N) is 1. The highest BCUT2D eigenvalue weighted by molar-refractivity contribution is 5.34. The zero-order valence-corrected chi connectivity index (χ0v) is 11.3. The van der Waals surface area contributed by atoms with E-state index in [4.69, 9.17) is 5.84 Å². The number of nitrogens with one attached hydrogen (secondary N) is 1. The summed E-state index contributed by atoms with van der Waals surface area (Å²) in [5, 5.41) is 0. The van der Waals surface area contributed by atoms with Crippen LogP contribution in [0.4, 0.5) is 13.2 Å². The van der Waals surface area contributed by atoms with Crippen LogP contribution < -0.4 is 11.3 Å². The average molecular weight is 274 g/mol. The van der Waals surface area contributed by atoms with Gasteiger partial charge in [-0.1, -0.05) is 32.3 Å². The van der Waals surface area contributed by atoms with Gasteiger partial charge in [0, 0.05) is 6.04 Å². The molecule has 0 fully saturated rings. The lowest BCUT2D eigenvalue weighted by atomic mass is 9.95. The van der Waals surface area contributed by atoms with Gasteiger partial charge in [-0.25, -0.2) is 0 Å². The Labute approximate surface area is 112 Å². The van der Waals surface area contributed by atoms with E-state index in [-0.39, 0.29) is 6.04 Å². The molecule has 0 radical (unpaired) electrons. The molecule has 5 heteroatoms. The average Bonchev–Trinajstić information content (AvgIpc) is 2.34. The fraction of sp³-hybridized carbons (Fsp3) is 0.571. The van der Waals surface area contributed by atoms with E-state index in [1.165, 1.54) is 12.1 Å². The van der Waals surface area contributed by atoms with Gasteiger partial charge in [0.25, 0.3) is 0 Å². The Hall–Kier alpha value is -1.07. The minimum absolute atomic E-state index is 0.0890. The van der Waals surface area contributed by atoms with Crippen LogP contribution in [-0.2, 0) is 6.18 Å². The number of aryl methyl sites for hydroxylation is 1. The molecule has 1 rings (SSSR count). The van der Waals surface area contributed by atoms with Crippen LogP contribution in [-0.4, -0.2) is 0 Å². The number of hydrogen-bond acceptors (Lipinski definition) is 2. The maximum atomic E-state index is 12.6. The molecule has 2 nitrogen and oxygen atoms in total. The van der Waals surface area contributed by atoms with Crippen molar-refractivity contribution in [2.24, 2.45) is 5.84 Å². The number of hydrogen-bond donors (Lipinski definition) is 2. The third-order valence-corrected chi connectivity index (χ3v) is 3.27. The lowest BCUT2D eigenvalue weighted by Gasteiger charge is -2.19. The Morgan fingerprint density at radius 1 is 1.26 bits per heavy atom. The van der Waals surface area contributed by atoms with Crippen molar-refractivity contribution in [2.75, 3.05) is 0 Å². The number of halogens is 3. The number of benzene rings is 1. The predicted molar refractivity (Wildman–Crippen MR) is 70.4 cm³/mol. The van der Waals surface area contributed by atoms with Crippen molar-refractivity contribution in [3.63, 3.8) is 0 Å². The number of alkyl halides is 3. The van der Waals surface area contributed by atoms with E-state index in [0.29, 0.717) is 5.56 Å². The molecule has 0 spiro atoms. The maximum Gasteiger partial charge on any atom is 0.416 e. The molecule has 108 valence electrons. The van der Waals surface area contributed by atoms with Crippen molar-refractivity contribution in [1.82, 2.24) is 5.43 Å². The molecule has 0 heterocycles. The van der Waals surface area contributed by atoms with Crippen LogP contribution >= 0.6 is 0 Å². The molecular formula is C14H21F3N2. The van der Waals surface area contributed by atoms with Crippen molar-refractivity contribution in [1.29, 1.82) is 0 Å². The molecule has 0 aliphatic heterocycles. The second-order valence-corrected chi connectivity index (χ2v) is 4.78. The maximum absolute atomic E-state index is 12.6. The standard InChI is InChI=1S/C14H21F3N2/c1-3-4-5-6-13(19-18)12-8-7-11(9-10(12)2)14(15,16)17/h7-9,13,19H,3-6,18H2,1-2H3. The van der Waals surface area contributed by atoms with Gasteiger partial charge in [0.1, 0.15) is 0 Å². The van der Waals surface area contributed by atoms with Gasteiger partial charge in [0.05, 0.1) is 5.56 Å². The second kappa shape index (κ2) is 6.91. The molecule has 19 heavy (non-hydrogen) atoms. The molecule has 1 aromatic rings. The molecule has 3 N–H and O–H groups in total. The Bertz CT molecular complexity index is 402. The summed E-state index contributed by atoms with van der Waals surface area (Å²) in [5.74, 6) is 5.51. The second-order valence-electron chi connectivity index (χ2n) is 4.78. The van der Waals surface area contributed by atoms with Crippen LogP contribution in [0.5, 0.6) is 0 Å². The summed E-state index contributed by atoms with van der Waals surface area (Å²) < 4.78 is 37.8. The molecule has 0 aliphatic carbocycles. The smallest absolute Gasteiger partial charge is 0.271 e. The highest BCUT2D eigenvalue weighted by atomic mass is 19.4. The summed E-state index contributed by atoms with van der Waals surface area (Å²) in [4.78, 5) is 0. The van der Waals surface area contributed by atoms with Gasteiger partial charge in [-0.2, -0.15) is 13.2 Å². The van der Waals surface area contributed by atoms with Gasteiger partial charge < -0.3 is 0 Å². The van der Waals surface area contributed by atoms with E-state index in [0.717, 1.165) is 37.3 Å². The van der Waals surface area contributed by atoms with E-state index >= 15 is 0 Å². The van der Waals surface area contributed by atoms with Crippen molar-refractivity contribution in [3.8, 4) is 0 Å². The SMILES string of the molecule is CCCCCC(NN)c1ccc(C(F)(F)F)cc1C. The van der Waals surface area contributed by atoms with Crippen molar-refractivity contribution in [3.05, 3.63) is 34.9 Å². The van der Waals surface area contributed by atoms with E-state index < -0.39 is 11.7 Å². The lowest BCUT2D eigenvalue weighted by molar-refractivity contribution is -0.137. The van der Waals surface area contributed by atoms with Crippen LogP contribution in [0.3, 0.4) is 0 Å². The van der Waals surface area contributed by atoms with Gasteiger partial charge >= 0.3 is 6.18 Å². The van der Waals surface area contributed by atoms with Crippen LogP contribution in [0.1, 0.15) is 55.3 Å². The number of hydrazine groups is 1. The predicted octanol–water partition coefficient (Wildman–Crippen LogP) is 4.10. The first-order valence-electron chi connectivity index (χ1n) is 6.54. The Balaban J connectivity index is 2.87. The summed E-state index contributed by atoms with van der Waals surface area (Å²) in [6.07, 6.45) is -0.263. The zero-order valence-electron chi connectivity index (χ0n) is 11.3. The molecule has 0 amide bonds. The largest absolute Gasteiger partial charge is 0.416 e. The minimum Gasteiger partial charge on any atom is -0.271 e. The van der Waals surface area contributed by atoms with E-state index in [2.05, 4.69) is 12.3 Å². The Morgan fingerprint density at radius 3 is 2.42 bits per heavy atom. The highest BCUT2D eigenvalue weighted by Crippen LogP contribution is 2.32. The van der Waals surface area contributed by atoms with Crippen LogP contribution in [0.2, 0.25) is 0 Å². The molecule has 0 aromatic heterocycles. The molecule has 0 bridgehead atoms. The normalized spacial score (nSPS) is 13.6. The van der Waals surface area contributed by atoms with Crippen molar-refractivity contribution in [2.45, 2.75) is 51.7 Å². The summed E-state index contributed by atoms with van der Waals surface area (Å²) >= 11 is 0. The van der Waals surface area contributed by atoms with Gasteiger partial charge in [-0.05, 0) is 36.6 Å². The molecule has 0 saturated heterocycles. The topological polar surface area (TPSA) is 38.0 Å². The fourth-order valence-electron chi connectivity index (χ4n) is 2.17. The summed E-state index contributed by atoms with van der Waals surface area (Å²) in [6.45, 7) is 3.79. The van der Waals surface area contributed by atoms with Gasteiger partial charge in [0.15, 0.2) is 0 Å². The monoisotopic (exact) mass is 274 g/mol. The molecule has 0 aliphatic rings. The van der Waals surface area contributed by atoms with Crippen molar-refractivity contribution >= 4 is 0 Å². The fourth-order valence-corrected chi connectivity index (χ4v) is 2.17. The minimum atomic E-state index is -4.29. The molecule has 1 atom stereocenters. The first-order valence-corrected chi connectivity index (χ1v) is 6.54. The Morgan fingerprint density at radius 2 is 1.95 bits per heavy atom. The number of unbranched alkanes of at least 4 members (excludes halogenated alkanes) is 2. The first-order chi connectivity index (χ1) is 8.90. The van der Waals surface area contributed by atoms with Gasteiger partial charge in [-0.3, -0.25) is 11.3 Å². The molecule has 1 aromatic carbocycles. The summed E-state index contributed by atoms with van der Waals surface area (Å²) in [7, 11) is 0. The lowest BCUT2D eigenvalue weighted by Crippen LogP contribution is -2.28. The van der Waals surface area contributed by atoms with Crippen LogP contribution in [0.25, 0.3) is 0 Å². The number of rotatable bonds is 6. The van der Waals surface area contributed by atoms with Crippen LogP contribution in [0, 0.1) is 6.92 Å². The molecule has 1 unspecified atom stereocenters. The first kappa shape index (κ1) is 16.0. The van der Waals surface area contributed by atoms with Gasteiger partial charge in [0.2, 0.25) is 0 Å². The van der Waals surface area contributed by atoms with E-state index in [9.17, 15) is 13.2 Å². The van der Waals surface area contributed by atoms with E-state index in [1.807, 2.05) is 0 Å².